The van der Waals surface area contributed by atoms with Crippen LogP contribution < -0.4 is 5.32 Å². The van der Waals surface area contributed by atoms with Crippen LogP contribution in [0.4, 0.5) is 0 Å². The van der Waals surface area contributed by atoms with Crippen molar-refractivity contribution < 1.29 is 0 Å². The summed E-state index contributed by atoms with van der Waals surface area (Å²) in [6.07, 6.45) is 4.43. The van der Waals surface area contributed by atoms with Crippen molar-refractivity contribution in [2.24, 2.45) is 0 Å². The highest BCUT2D eigenvalue weighted by Crippen LogP contribution is 2.35. The number of rotatable bonds is 4. The van der Waals surface area contributed by atoms with Crippen LogP contribution in [0.5, 0.6) is 0 Å². The maximum atomic E-state index is 6.24. The molecule has 0 bridgehead atoms. The van der Waals surface area contributed by atoms with E-state index in [4.69, 9.17) is 16.6 Å². The van der Waals surface area contributed by atoms with E-state index in [9.17, 15) is 0 Å². The van der Waals surface area contributed by atoms with Crippen molar-refractivity contribution >= 4 is 22.9 Å². The Morgan fingerprint density at radius 1 is 1.40 bits per heavy atom. The minimum Gasteiger partial charge on any atom is -0.309 e. The Labute approximate surface area is 129 Å². The smallest absolute Gasteiger partial charge is 0.0976 e. The van der Waals surface area contributed by atoms with Gasteiger partial charge in [-0.2, -0.15) is 0 Å². The van der Waals surface area contributed by atoms with Crippen molar-refractivity contribution in [2.45, 2.75) is 38.6 Å². The van der Waals surface area contributed by atoms with Gasteiger partial charge in [0, 0.05) is 22.4 Å². The average Bonchev–Trinajstić information content (AvgIpc) is 2.85. The van der Waals surface area contributed by atoms with E-state index in [1.807, 2.05) is 29.5 Å². The Morgan fingerprint density at radius 3 is 3.05 bits per heavy atom. The summed E-state index contributed by atoms with van der Waals surface area (Å²) < 4.78 is 0. The van der Waals surface area contributed by atoms with Gasteiger partial charge in [-0.1, -0.05) is 36.7 Å². The van der Waals surface area contributed by atoms with Crippen LogP contribution in [0.25, 0.3) is 0 Å². The summed E-state index contributed by atoms with van der Waals surface area (Å²) in [7, 11) is 0. The fourth-order valence-electron chi connectivity index (χ4n) is 2.79. The minimum atomic E-state index is 0.501. The molecule has 106 valence electrons. The van der Waals surface area contributed by atoms with Gasteiger partial charge in [0.1, 0.15) is 0 Å². The number of halogens is 1. The summed E-state index contributed by atoms with van der Waals surface area (Å²) in [4.78, 5) is 6.28. The van der Waals surface area contributed by atoms with Crippen LogP contribution in [0.1, 0.15) is 46.9 Å². The molecule has 1 N–H and O–H groups in total. The van der Waals surface area contributed by atoms with Crippen molar-refractivity contribution in [3.05, 3.63) is 50.4 Å². The maximum absolute atomic E-state index is 6.24. The number of aryl methyl sites for hydroxylation is 1. The van der Waals surface area contributed by atoms with E-state index in [0.29, 0.717) is 6.04 Å². The van der Waals surface area contributed by atoms with E-state index in [2.05, 4.69) is 18.3 Å². The molecule has 1 aromatic heterocycles. The van der Waals surface area contributed by atoms with E-state index in [-0.39, 0.29) is 0 Å². The SMILES string of the molecule is CCNC1CCCc2nc(Cc3ccccc3Cl)sc21. The van der Waals surface area contributed by atoms with Crippen molar-refractivity contribution in [3.63, 3.8) is 0 Å². The highest BCUT2D eigenvalue weighted by Gasteiger charge is 2.23. The quantitative estimate of drug-likeness (QED) is 0.907. The van der Waals surface area contributed by atoms with Gasteiger partial charge in [-0.3, -0.25) is 0 Å². The van der Waals surface area contributed by atoms with Crippen LogP contribution in [0.2, 0.25) is 5.02 Å². The molecular weight excluding hydrogens is 288 g/mol. The van der Waals surface area contributed by atoms with Crippen LogP contribution in [0, 0.1) is 0 Å². The normalized spacial score (nSPS) is 18.0. The Bertz CT molecular complexity index is 594. The number of benzene rings is 1. The van der Waals surface area contributed by atoms with Gasteiger partial charge in [0.05, 0.1) is 10.7 Å². The van der Waals surface area contributed by atoms with Crippen LogP contribution in [-0.2, 0) is 12.8 Å². The highest BCUT2D eigenvalue weighted by atomic mass is 35.5. The zero-order chi connectivity index (χ0) is 13.9. The minimum absolute atomic E-state index is 0.501. The van der Waals surface area contributed by atoms with Gasteiger partial charge < -0.3 is 5.32 Å². The summed E-state index contributed by atoms with van der Waals surface area (Å²) in [5, 5.41) is 5.60. The molecule has 0 saturated heterocycles. The van der Waals surface area contributed by atoms with E-state index in [1.165, 1.54) is 34.0 Å². The molecule has 3 rings (SSSR count). The summed E-state index contributed by atoms with van der Waals surface area (Å²) in [5.41, 5.74) is 2.47. The monoisotopic (exact) mass is 306 g/mol. The Kier molecular flexibility index (Phi) is 4.39. The van der Waals surface area contributed by atoms with Crippen molar-refractivity contribution in [1.29, 1.82) is 0 Å². The van der Waals surface area contributed by atoms with E-state index < -0.39 is 0 Å². The van der Waals surface area contributed by atoms with E-state index in [0.717, 1.165) is 24.4 Å². The zero-order valence-electron chi connectivity index (χ0n) is 11.7. The average molecular weight is 307 g/mol. The fraction of sp³-hybridized carbons (Fsp3) is 0.438. The first-order chi connectivity index (χ1) is 9.78. The second-order valence-corrected chi connectivity index (χ2v) is 6.71. The van der Waals surface area contributed by atoms with Gasteiger partial charge in [-0.05, 0) is 37.4 Å². The van der Waals surface area contributed by atoms with Gasteiger partial charge in [0.2, 0.25) is 0 Å². The molecule has 1 aliphatic carbocycles. The molecule has 0 amide bonds. The first-order valence-corrected chi connectivity index (χ1v) is 8.42. The van der Waals surface area contributed by atoms with Gasteiger partial charge in [0.25, 0.3) is 0 Å². The third-order valence-electron chi connectivity index (χ3n) is 3.74. The van der Waals surface area contributed by atoms with Crippen LogP contribution >= 0.6 is 22.9 Å². The molecule has 1 aliphatic rings. The van der Waals surface area contributed by atoms with Crippen LogP contribution in [0.3, 0.4) is 0 Å². The molecule has 1 heterocycles. The molecule has 0 spiro atoms. The third kappa shape index (κ3) is 2.90. The lowest BCUT2D eigenvalue weighted by Crippen LogP contribution is -2.23. The highest BCUT2D eigenvalue weighted by molar-refractivity contribution is 7.11. The van der Waals surface area contributed by atoms with Crippen LogP contribution in [-0.4, -0.2) is 11.5 Å². The summed E-state index contributed by atoms with van der Waals surface area (Å²) >= 11 is 8.10. The zero-order valence-corrected chi connectivity index (χ0v) is 13.2. The van der Waals surface area contributed by atoms with E-state index in [1.54, 1.807) is 0 Å². The Hall–Kier alpha value is -0.900. The molecule has 0 saturated carbocycles. The lowest BCUT2D eigenvalue weighted by molar-refractivity contribution is 0.476. The molecule has 2 nitrogen and oxygen atoms in total. The molecule has 1 unspecified atom stereocenters. The van der Waals surface area contributed by atoms with E-state index >= 15 is 0 Å². The number of aromatic nitrogens is 1. The fourth-order valence-corrected chi connectivity index (χ4v) is 4.24. The largest absolute Gasteiger partial charge is 0.309 e. The topological polar surface area (TPSA) is 24.9 Å². The molecule has 0 aliphatic heterocycles. The number of fused-ring (bicyclic) bond motifs is 1. The predicted molar refractivity (Wildman–Crippen MR) is 85.7 cm³/mol. The number of thiazole rings is 1. The molecule has 4 heteroatoms. The third-order valence-corrected chi connectivity index (χ3v) is 5.32. The van der Waals surface area contributed by atoms with Gasteiger partial charge >= 0.3 is 0 Å². The first-order valence-electron chi connectivity index (χ1n) is 7.23. The standard InChI is InChI=1S/C16H19ClN2S/c1-2-18-13-8-5-9-14-16(13)20-15(19-14)10-11-6-3-4-7-12(11)17/h3-4,6-7,13,18H,2,5,8-10H2,1H3. The molecule has 1 aromatic carbocycles. The van der Waals surface area contributed by atoms with Crippen molar-refractivity contribution in [3.8, 4) is 0 Å². The number of nitrogens with one attached hydrogen (secondary N) is 1. The van der Waals surface area contributed by atoms with Gasteiger partial charge in [-0.15, -0.1) is 11.3 Å². The molecule has 0 fully saturated rings. The molecule has 20 heavy (non-hydrogen) atoms. The number of nitrogens with zero attached hydrogens (tertiary/aromatic N) is 1. The lowest BCUT2D eigenvalue weighted by atomic mass is 9.98. The molecule has 1 atom stereocenters. The van der Waals surface area contributed by atoms with Gasteiger partial charge in [-0.25, -0.2) is 4.98 Å². The summed E-state index contributed by atoms with van der Waals surface area (Å²) in [6.45, 7) is 3.18. The van der Waals surface area contributed by atoms with Crippen molar-refractivity contribution in [2.75, 3.05) is 6.54 Å². The second kappa shape index (κ2) is 6.25. The lowest BCUT2D eigenvalue weighted by Gasteiger charge is -2.21. The molecule has 0 radical (unpaired) electrons. The summed E-state index contributed by atoms with van der Waals surface area (Å²) in [6, 6.07) is 8.55. The molecular formula is C16H19ClN2S. The predicted octanol–water partition coefficient (Wildman–Crippen LogP) is 4.37. The van der Waals surface area contributed by atoms with Crippen molar-refractivity contribution in [1.82, 2.24) is 10.3 Å². The Morgan fingerprint density at radius 2 is 2.25 bits per heavy atom. The second-order valence-electron chi connectivity index (χ2n) is 5.19. The Balaban J connectivity index is 1.84. The van der Waals surface area contributed by atoms with Gasteiger partial charge in [0.15, 0.2) is 0 Å². The first kappa shape index (κ1) is 14.1. The van der Waals surface area contributed by atoms with Crippen LogP contribution in [0.15, 0.2) is 24.3 Å². The number of hydrogen-bond acceptors (Lipinski definition) is 3. The number of hydrogen-bond donors (Lipinski definition) is 1. The maximum Gasteiger partial charge on any atom is 0.0976 e. The summed E-state index contributed by atoms with van der Waals surface area (Å²) in [5.74, 6) is 0. The molecule has 2 aromatic rings.